The van der Waals surface area contributed by atoms with Gasteiger partial charge >= 0.3 is 0 Å². The molecule has 1 aromatic carbocycles. The van der Waals surface area contributed by atoms with Crippen LogP contribution in [0.25, 0.3) is 0 Å². The van der Waals surface area contributed by atoms with E-state index in [-0.39, 0.29) is 17.5 Å². The molecule has 1 N–H and O–H groups in total. The lowest BCUT2D eigenvalue weighted by molar-refractivity contribution is -0.121. The Balaban J connectivity index is 2.02. The van der Waals surface area contributed by atoms with Crippen molar-refractivity contribution < 1.29 is 13.6 Å². The van der Waals surface area contributed by atoms with E-state index < -0.39 is 11.6 Å². The summed E-state index contributed by atoms with van der Waals surface area (Å²) in [6.45, 7) is 1.66. The number of carbonyl (C=O) groups excluding carboxylic acids is 1. The molecule has 1 unspecified atom stereocenters. The van der Waals surface area contributed by atoms with Gasteiger partial charge in [-0.15, -0.1) is 0 Å². The number of nitrogens with one attached hydrogen (secondary N) is 1. The Morgan fingerprint density at radius 2 is 2.22 bits per heavy atom. The van der Waals surface area contributed by atoms with Gasteiger partial charge in [-0.2, -0.15) is 0 Å². The summed E-state index contributed by atoms with van der Waals surface area (Å²) in [5, 5.41) is 2.52. The molecule has 5 heteroatoms. The number of piperidine rings is 1. The van der Waals surface area contributed by atoms with Crippen LogP contribution in [0.5, 0.6) is 0 Å². The van der Waals surface area contributed by atoms with E-state index in [4.69, 9.17) is 0 Å². The van der Waals surface area contributed by atoms with Crippen molar-refractivity contribution in [2.45, 2.75) is 12.8 Å². The molecule has 0 bridgehead atoms. The van der Waals surface area contributed by atoms with Crippen LogP contribution in [0.1, 0.15) is 12.8 Å². The Morgan fingerprint density at radius 1 is 1.44 bits per heavy atom. The van der Waals surface area contributed by atoms with Crippen molar-refractivity contribution in [3.8, 4) is 0 Å². The van der Waals surface area contributed by atoms with Crippen molar-refractivity contribution in [3.05, 3.63) is 29.8 Å². The third-order valence-corrected chi connectivity index (χ3v) is 3.18. The van der Waals surface area contributed by atoms with Gasteiger partial charge in [0.2, 0.25) is 5.91 Å². The summed E-state index contributed by atoms with van der Waals surface area (Å²) >= 11 is 0. The topological polar surface area (TPSA) is 32.3 Å². The van der Waals surface area contributed by atoms with Gasteiger partial charge in [0.25, 0.3) is 0 Å². The van der Waals surface area contributed by atoms with Gasteiger partial charge in [-0.25, -0.2) is 8.78 Å². The first-order chi connectivity index (χ1) is 8.56. The standard InChI is InChI=1S/C13H16F2N2O/c1-17-6-2-3-9(8-17)13(18)16-12-5-4-10(14)7-11(12)15/h4-5,7,9H,2-3,6,8H2,1H3,(H,16,18). The summed E-state index contributed by atoms with van der Waals surface area (Å²) in [6.07, 6.45) is 1.76. The zero-order valence-corrected chi connectivity index (χ0v) is 10.2. The summed E-state index contributed by atoms with van der Waals surface area (Å²) in [5.41, 5.74) is 0.0367. The molecule has 98 valence electrons. The summed E-state index contributed by atoms with van der Waals surface area (Å²) in [4.78, 5) is 14.0. The molecule has 1 saturated heterocycles. The predicted molar refractivity (Wildman–Crippen MR) is 65.2 cm³/mol. The molecule has 1 aliphatic heterocycles. The second-order valence-electron chi connectivity index (χ2n) is 4.71. The molecule has 1 amide bonds. The zero-order valence-electron chi connectivity index (χ0n) is 10.2. The second-order valence-corrected chi connectivity index (χ2v) is 4.71. The van der Waals surface area contributed by atoms with Crippen LogP contribution in [0.4, 0.5) is 14.5 Å². The van der Waals surface area contributed by atoms with Gasteiger partial charge in [0.05, 0.1) is 11.6 Å². The largest absolute Gasteiger partial charge is 0.323 e. The molecule has 0 saturated carbocycles. The average Bonchev–Trinajstić information content (AvgIpc) is 2.32. The number of hydrogen-bond donors (Lipinski definition) is 1. The Morgan fingerprint density at radius 3 is 2.89 bits per heavy atom. The SMILES string of the molecule is CN1CCCC(C(=O)Nc2ccc(F)cc2F)C1. The average molecular weight is 254 g/mol. The number of anilines is 1. The lowest BCUT2D eigenvalue weighted by Gasteiger charge is -2.28. The molecule has 2 rings (SSSR count). The molecule has 1 atom stereocenters. The molecular formula is C13H16F2N2O. The minimum atomic E-state index is -0.743. The van der Waals surface area contributed by atoms with Crippen molar-refractivity contribution in [1.29, 1.82) is 0 Å². The number of likely N-dealkylation sites (tertiary alicyclic amines) is 1. The van der Waals surface area contributed by atoms with Crippen molar-refractivity contribution in [1.82, 2.24) is 4.90 Å². The van der Waals surface area contributed by atoms with Gasteiger partial charge in [0.1, 0.15) is 11.6 Å². The normalized spacial score (nSPS) is 20.7. The Bertz CT molecular complexity index is 451. The van der Waals surface area contributed by atoms with E-state index in [9.17, 15) is 13.6 Å². The highest BCUT2D eigenvalue weighted by molar-refractivity contribution is 5.92. The van der Waals surface area contributed by atoms with E-state index in [0.29, 0.717) is 6.54 Å². The van der Waals surface area contributed by atoms with Crippen LogP contribution < -0.4 is 5.32 Å². The summed E-state index contributed by atoms with van der Waals surface area (Å²) in [5.74, 6) is -1.73. The number of halogens is 2. The van der Waals surface area contributed by atoms with Crippen LogP contribution in [0.3, 0.4) is 0 Å². The van der Waals surface area contributed by atoms with E-state index in [1.807, 2.05) is 7.05 Å². The number of benzene rings is 1. The number of carbonyl (C=O) groups is 1. The van der Waals surface area contributed by atoms with Gasteiger partial charge < -0.3 is 10.2 Å². The molecule has 1 aliphatic rings. The lowest BCUT2D eigenvalue weighted by atomic mass is 9.97. The predicted octanol–water partition coefficient (Wildman–Crippen LogP) is 2.25. The van der Waals surface area contributed by atoms with Crippen LogP contribution in [0.2, 0.25) is 0 Å². The van der Waals surface area contributed by atoms with Gasteiger partial charge in [0.15, 0.2) is 0 Å². The molecule has 0 spiro atoms. The zero-order chi connectivity index (χ0) is 13.1. The highest BCUT2D eigenvalue weighted by atomic mass is 19.1. The highest BCUT2D eigenvalue weighted by Crippen LogP contribution is 2.20. The van der Waals surface area contributed by atoms with E-state index in [1.54, 1.807) is 0 Å². The monoisotopic (exact) mass is 254 g/mol. The maximum absolute atomic E-state index is 13.4. The molecule has 18 heavy (non-hydrogen) atoms. The van der Waals surface area contributed by atoms with Crippen molar-refractivity contribution >= 4 is 11.6 Å². The van der Waals surface area contributed by atoms with Crippen molar-refractivity contribution in [2.75, 3.05) is 25.5 Å². The minimum Gasteiger partial charge on any atom is -0.323 e. The van der Waals surface area contributed by atoms with E-state index in [2.05, 4.69) is 10.2 Å². The number of nitrogens with zero attached hydrogens (tertiary/aromatic N) is 1. The Hall–Kier alpha value is -1.49. The molecule has 1 heterocycles. The molecule has 3 nitrogen and oxygen atoms in total. The third kappa shape index (κ3) is 3.04. The first-order valence-electron chi connectivity index (χ1n) is 6.00. The fourth-order valence-electron chi connectivity index (χ4n) is 2.21. The van der Waals surface area contributed by atoms with Crippen LogP contribution in [-0.4, -0.2) is 30.9 Å². The van der Waals surface area contributed by atoms with Gasteiger partial charge in [0, 0.05) is 12.6 Å². The second kappa shape index (κ2) is 5.44. The van der Waals surface area contributed by atoms with Crippen LogP contribution in [0.15, 0.2) is 18.2 Å². The number of hydrogen-bond acceptors (Lipinski definition) is 2. The van der Waals surface area contributed by atoms with Crippen LogP contribution in [-0.2, 0) is 4.79 Å². The van der Waals surface area contributed by atoms with Gasteiger partial charge in [-0.05, 0) is 38.6 Å². The van der Waals surface area contributed by atoms with E-state index >= 15 is 0 Å². The van der Waals surface area contributed by atoms with Crippen LogP contribution in [0, 0.1) is 17.6 Å². The Labute approximate surface area is 105 Å². The van der Waals surface area contributed by atoms with E-state index in [1.165, 1.54) is 6.07 Å². The minimum absolute atomic E-state index is 0.0367. The molecule has 0 radical (unpaired) electrons. The maximum Gasteiger partial charge on any atom is 0.228 e. The lowest BCUT2D eigenvalue weighted by Crippen LogP contribution is -2.38. The quantitative estimate of drug-likeness (QED) is 0.878. The third-order valence-electron chi connectivity index (χ3n) is 3.18. The van der Waals surface area contributed by atoms with Gasteiger partial charge in [-0.1, -0.05) is 0 Å². The molecule has 1 fully saturated rings. The van der Waals surface area contributed by atoms with E-state index in [0.717, 1.165) is 31.5 Å². The number of amides is 1. The Kier molecular flexibility index (Phi) is 3.91. The highest BCUT2D eigenvalue weighted by Gasteiger charge is 2.24. The van der Waals surface area contributed by atoms with Crippen molar-refractivity contribution in [2.24, 2.45) is 5.92 Å². The summed E-state index contributed by atoms with van der Waals surface area (Å²) in [6, 6.07) is 3.14. The summed E-state index contributed by atoms with van der Waals surface area (Å²) in [7, 11) is 1.96. The summed E-state index contributed by atoms with van der Waals surface area (Å²) < 4.78 is 26.1. The fourth-order valence-corrected chi connectivity index (χ4v) is 2.21. The fraction of sp³-hybridized carbons (Fsp3) is 0.462. The van der Waals surface area contributed by atoms with Crippen molar-refractivity contribution in [3.63, 3.8) is 0 Å². The molecule has 1 aromatic rings. The molecular weight excluding hydrogens is 238 g/mol. The maximum atomic E-state index is 13.4. The van der Waals surface area contributed by atoms with Crippen LogP contribution >= 0.6 is 0 Å². The number of rotatable bonds is 2. The first kappa shape index (κ1) is 13.0. The molecule has 0 aliphatic carbocycles. The van der Waals surface area contributed by atoms with Gasteiger partial charge in [-0.3, -0.25) is 4.79 Å². The first-order valence-corrected chi connectivity index (χ1v) is 6.00. The smallest absolute Gasteiger partial charge is 0.228 e. The molecule has 0 aromatic heterocycles.